The maximum atomic E-state index is 12.9. The molecule has 1 saturated heterocycles. The van der Waals surface area contributed by atoms with Crippen molar-refractivity contribution in [3.63, 3.8) is 0 Å². The Morgan fingerprint density at radius 3 is 2.52 bits per heavy atom. The van der Waals surface area contributed by atoms with E-state index in [2.05, 4.69) is 12.1 Å². The Bertz CT molecular complexity index is 771. The molecule has 0 unspecified atom stereocenters. The molecule has 0 radical (unpaired) electrons. The second-order valence-electron chi connectivity index (χ2n) is 9.88. The van der Waals surface area contributed by atoms with Crippen molar-refractivity contribution in [3.05, 3.63) is 29.1 Å². The van der Waals surface area contributed by atoms with Crippen molar-refractivity contribution in [1.82, 2.24) is 9.88 Å². The van der Waals surface area contributed by atoms with Gasteiger partial charge in [-0.3, -0.25) is 14.6 Å². The number of aryl methyl sites for hydroxylation is 3. The average molecular weight is 459 g/mol. The molecular formula is C27H42N2O4. The lowest BCUT2D eigenvalue weighted by Gasteiger charge is -2.39. The number of esters is 1. The molecule has 3 rings (SSSR count). The SMILES string of the molecule is COC(=O)[C@H](CCCCCCCc1ccc2c(n1)CCCC2)CC(=O)N1[C@H](C)COC[C@@H]1C. The van der Waals surface area contributed by atoms with Gasteiger partial charge in [-0.15, -0.1) is 0 Å². The fraction of sp³-hybridized carbons (Fsp3) is 0.741. The van der Waals surface area contributed by atoms with E-state index >= 15 is 0 Å². The predicted molar refractivity (Wildman–Crippen MR) is 129 cm³/mol. The monoisotopic (exact) mass is 458 g/mol. The third-order valence-electron chi connectivity index (χ3n) is 7.13. The molecule has 3 atom stereocenters. The van der Waals surface area contributed by atoms with Crippen molar-refractivity contribution in [1.29, 1.82) is 0 Å². The maximum Gasteiger partial charge on any atom is 0.309 e. The highest BCUT2D eigenvalue weighted by atomic mass is 16.5. The number of rotatable bonds is 11. The summed E-state index contributed by atoms with van der Waals surface area (Å²) in [5.74, 6) is -0.592. The Morgan fingerprint density at radius 2 is 1.76 bits per heavy atom. The number of hydrogen-bond donors (Lipinski definition) is 0. The van der Waals surface area contributed by atoms with Gasteiger partial charge in [-0.05, 0) is 70.4 Å². The molecule has 0 aromatic carbocycles. The second kappa shape index (κ2) is 13.1. The summed E-state index contributed by atoms with van der Waals surface area (Å²) in [6.45, 7) is 5.11. The molecule has 2 aliphatic rings. The summed E-state index contributed by atoms with van der Waals surface area (Å²) >= 11 is 0. The first-order valence-corrected chi connectivity index (χ1v) is 12.9. The van der Waals surface area contributed by atoms with E-state index in [0.717, 1.165) is 38.5 Å². The van der Waals surface area contributed by atoms with Crippen LogP contribution in [0.25, 0.3) is 0 Å². The van der Waals surface area contributed by atoms with Crippen molar-refractivity contribution >= 4 is 11.9 Å². The molecular weight excluding hydrogens is 416 g/mol. The minimum Gasteiger partial charge on any atom is -0.469 e. The Hall–Kier alpha value is -1.95. The largest absolute Gasteiger partial charge is 0.469 e. The van der Waals surface area contributed by atoms with Gasteiger partial charge in [0.15, 0.2) is 0 Å². The number of pyridine rings is 1. The van der Waals surface area contributed by atoms with E-state index in [1.54, 1.807) is 0 Å². The Balaban J connectivity index is 1.35. The van der Waals surface area contributed by atoms with Gasteiger partial charge >= 0.3 is 5.97 Å². The van der Waals surface area contributed by atoms with Crippen LogP contribution >= 0.6 is 0 Å². The van der Waals surface area contributed by atoms with E-state index in [1.165, 1.54) is 49.7 Å². The summed E-state index contributed by atoms with van der Waals surface area (Å²) in [7, 11) is 1.41. The van der Waals surface area contributed by atoms with E-state index in [9.17, 15) is 9.59 Å². The molecule has 33 heavy (non-hydrogen) atoms. The summed E-state index contributed by atoms with van der Waals surface area (Å²) in [5.41, 5.74) is 4.00. The van der Waals surface area contributed by atoms with Gasteiger partial charge in [0.2, 0.25) is 5.91 Å². The van der Waals surface area contributed by atoms with E-state index < -0.39 is 0 Å². The number of amides is 1. The number of carbonyl (C=O) groups is 2. The average Bonchev–Trinajstić information content (AvgIpc) is 2.82. The van der Waals surface area contributed by atoms with Gasteiger partial charge in [-0.25, -0.2) is 0 Å². The van der Waals surface area contributed by atoms with Crippen LogP contribution in [0.3, 0.4) is 0 Å². The number of unbranched alkanes of at least 4 members (excludes halogenated alkanes) is 4. The van der Waals surface area contributed by atoms with Crippen LogP contribution in [0.4, 0.5) is 0 Å². The third kappa shape index (κ3) is 7.53. The van der Waals surface area contributed by atoms with Gasteiger partial charge in [-0.2, -0.15) is 0 Å². The van der Waals surface area contributed by atoms with E-state index in [4.69, 9.17) is 14.5 Å². The number of nitrogens with zero attached hydrogens (tertiary/aromatic N) is 2. The molecule has 6 heteroatoms. The predicted octanol–water partition coefficient (Wildman–Crippen LogP) is 4.66. The fourth-order valence-corrected chi connectivity index (χ4v) is 5.28. The molecule has 0 N–H and O–H groups in total. The maximum absolute atomic E-state index is 12.9. The van der Waals surface area contributed by atoms with Crippen molar-refractivity contribution in [2.24, 2.45) is 5.92 Å². The smallest absolute Gasteiger partial charge is 0.309 e. The Morgan fingerprint density at radius 1 is 1.06 bits per heavy atom. The quantitative estimate of drug-likeness (QED) is 0.356. The van der Waals surface area contributed by atoms with Crippen LogP contribution in [0, 0.1) is 5.92 Å². The van der Waals surface area contributed by atoms with Crippen molar-refractivity contribution in [2.75, 3.05) is 20.3 Å². The number of fused-ring (bicyclic) bond motifs is 1. The van der Waals surface area contributed by atoms with Crippen LogP contribution in [-0.4, -0.2) is 54.2 Å². The zero-order valence-electron chi connectivity index (χ0n) is 20.8. The molecule has 2 heterocycles. The number of morpholine rings is 1. The molecule has 0 bridgehead atoms. The lowest BCUT2D eigenvalue weighted by molar-refractivity contribution is -0.153. The van der Waals surface area contributed by atoms with Crippen molar-refractivity contribution < 1.29 is 19.1 Å². The standard InChI is InChI=1S/C27H42N2O4/c1-20-18-33-19-21(2)29(20)26(30)17-23(27(31)32-3)12-7-5-4-6-8-13-24-16-15-22-11-9-10-14-25(22)28-24/h15-16,20-21,23H,4-14,17-19H2,1-3H3/t20-,21+,23-/m1/s1. The minimum absolute atomic E-state index is 0.0336. The Labute approximate surface area is 199 Å². The second-order valence-corrected chi connectivity index (χ2v) is 9.88. The fourth-order valence-electron chi connectivity index (χ4n) is 5.28. The van der Waals surface area contributed by atoms with Crippen LogP contribution in [0.1, 0.15) is 88.6 Å². The normalized spacial score (nSPS) is 21.4. The van der Waals surface area contributed by atoms with Crippen molar-refractivity contribution in [3.8, 4) is 0 Å². The highest BCUT2D eigenvalue weighted by Gasteiger charge is 2.32. The summed E-state index contributed by atoms with van der Waals surface area (Å²) in [6.07, 6.45) is 12.3. The molecule has 1 aromatic heterocycles. The van der Waals surface area contributed by atoms with Crippen molar-refractivity contribution in [2.45, 2.75) is 103 Å². The molecule has 184 valence electrons. The molecule has 1 aromatic rings. The van der Waals surface area contributed by atoms with Gasteiger partial charge in [0.25, 0.3) is 0 Å². The first-order valence-electron chi connectivity index (χ1n) is 12.9. The van der Waals surface area contributed by atoms with Crippen LogP contribution in [0.5, 0.6) is 0 Å². The molecule has 0 spiro atoms. The first-order chi connectivity index (χ1) is 16.0. The molecule has 1 fully saturated rings. The molecule has 1 aliphatic heterocycles. The number of aromatic nitrogens is 1. The third-order valence-corrected chi connectivity index (χ3v) is 7.13. The topological polar surface area (TPSA) is 68.7 Å². The zero-order valence-corrected chi connectivity index (χ0v) is 20.8. The lowest BCUT2D eigenvalue weighted by atomic mass is 9.95. The molecule has 1 aliphatic carbocycles. The van der Waals surface area contributed by atoms with Gasteiger partial charge in [0.1, 0.15) is 0 Å². The van der Waals surface area contributed by atoms with Gasteiger partial charge in [0, 0.05) is 17.8 Å². The van der Waals surface area contributed by atoms with Gasteiger partial charge in [0.05, 0.1) is 38.3 Å². The van der Waals surface area contributed by atoms with Crippen LogP contribution in [0.15, 0.2) is 12.1 Å². The number of carbonyl (C=O) groups excluding carboxylic acids is 2. The zero-order chi connectivity index (χ0) is 23.6. The highest BCUT2D eigenvalue weighted by Crippen LogP contribution is 2.23. The van der Waals surface area contributed by atoms with E-state index in [-0.39, 0.29) is 36.3 Å². The molecule has 6 nitrogen and oxygen atoms in total. The first kappa shape index (κ1) is 25.7. The number of methoxy groups -OCH3 is 1. The Kier molecular flexibility index (Phi) is 10.2. The minimum atomic E-state index is -0.357. The van der Waals surface area contributed by atoms with Crippen LogP contribution in [-0.2, 0) is 38.3 Å². The summed E-state index contributed by atoms with van der Waals surface area (Å²) in [4.78, 5) is 32.0. The summed E-state index contributed by atoms with van der Waals surface area (Å²) < 4.78 is 10.5. The van der Waals surface area contributed by atoms with E-state index in [1.807, 2.05) is 18.7 Å². The number of ether oxygens (including phenoxy) is 2. The molecule has 0 saturated carbocycles. The van der Waals surface area contributed by atoms with E-state index in [0.29, 0.717) is 19.6 Å². The van der Waals surface area contributed by atoms with Gasteiger partial charge in [-0.1, -0.05) is 31.7 Å². The summed E-state index contributed by atoms with van der Waals surface area (Å²) in [5, 5.41) is 0. The van der Waals surface area contributed by atoms with Crippen LogP contribution in [0.2, 0.25) is 0 Å². The summed E-state index contributed by atoms with van der Waals surface area (Å²) in [6, 6.07) is 4.58. The number of hydrogen-bond acceptors (Lipinski definition) is 5. The lowest BCUT2D eigenvalue weighted by Crippen LogP contribution is -2.53. The van der Waals surface area contributed by atoms with Gasteiger partial charge < -0.3 is 14.4 Å². The molecule has 1 amide bonds. The van der Waals surface area contributed by atoms with Crippen LogP contribution < -0.4 is 0 Å². The highest BCUT2D eigenvalue weighted by molar-refractivity contribution is 5.83.